The van der Waals surface area contributed by atoms with Gasteiger partial charge in [0, 0.05) is 21.7 Å². The molecule has 0 bridgehead atoms. The average molecular weight is 339 g/mol. The lowest BCUT2D eigenvalue weighted by Gasteiger charge is -2.16. The summed E-state index contributed by atoms with van der Waals surface area (Å²) in [6.07, 6.45) is 0. The number of halogens is 1. The Kier molecular flexibility index (Phi) is 3.58. The minimum atomic E-state index is -0.314. The van der Waals surface area contributed by atoms with Gasteiger partial charge in [-0.3, -0.25) is 4.79 Å². The van der Waals surface area contributed by atoms with Gasteiger partial charge >= 0.3 is 0 Å². The number of thiophene rings is 1. The van der Waals surface area contributed by atoms with Gasteiger partial charge in [0.05, 0.1) is 4.88 Å². The quantitative estimate of drug-likeness (QED) is 0.713. The van der Waals surface area contributed by atoms with Gasteiger partial charge in [-0.25, -0.2) is 4.39 Å². The van der Waals surface area contributed by atoms with E-state index in [2.05, 4.69) is 5.32 Å². The zero-order chi connectivity index (χ0) is 16.7. The molecule has 1 aliphatic rings. The molecule has 4 rings (SSSR count). The van der Waals surface area contributed by atoms with Crippen LogP contribution in [0, 0.1) is 12.7 Å². The van der Waals surface area contributed by atoms with Crippen molar-refractivity contribution in [1.82, 2.24) is 0 Å². The Morgan fingerprint density at radius 3 is 2.88 bits per heavy atom. The molecule has 1 N–H and O–H groups in total. The van der Waals surface area contributed by atoms with Crippen molar-refractivity contribution >= 4 is 22.9 Å². The number of hydrogen-bond acceptors (Lipinski definition) is 3. The third-order valence-corrected chi connectivity index (χ3v) is 5.19. The topological polar surface area (TPSA) is 38.3 Å². The van der Waals surface area contributed by atoms with Crippen LogP contribution in [-0.2, 0) is 6.61 Å². The molecule has 2 aromatic carbocycles. The van der Waals surface area contributed by atoms with Crippen molar-refractivity contribution in [3.05, 3.63) is 70.4 Å². The molecule has 0 fully saturated rings. The van der Waals surface area contributed by atoms with Gasteiger partial charge in [0.1, 0.15) is 18.2 Å². The first-order chi connectivity index (χ1) is 11.6. The van der Waals surface area contributed by atoms with Crippen LogP contribution in [-0.4, -0.2) is 5.91 Å². The van der Waals surface area contributed by atoms with E-state index in [0.29, 0.717) is 22.7 Å². The second-order valence-corrected chi connectivity index (χ2v) is 6.72. The lowest BCUT2D eigenvalue weighted by Crippen LogP contribution is -2.11. The van der Waals surface area contributed by atoms with Crippen molar-refractivity contribution < 1.29 is 13.9 Å². The fraction of sp³-hybridized carbons (Fsp3) is 0.105. The second kappa shape index (κ2) is 5.76. The lowest BCUT2D eigenvalue weighted by molar-refractivity contribution is 0.103. The first-order valence-corrected chi connectivity index (χ1v) is 8.36. The highest BCUT2D eigenvalue weighted by atomic mass is 32.1. The number of rotatable bonds is 2. The Bertz CT molecular complexity index is 948. The van der Waals surface area contributed by atoms with Crippen molar-refractivity contribution in [2.75, 3.05) is 5.32 Å². The van der Waals surface area contributed by atoms with Crippen molar-refractivity contribution in [1.29, 1.82) is 0 Å². The molecular formula is C19H14FNO2S. The van der Waals surface area contributed by atoms with E-state index in [4.69, 9.17) is 4.74 Å². The molecule has 0 saturated carbocycles. The summed E-state index contributed by atoms with van der Waals surface area (Å²) in [5.41, 5.74) is 3.34. The minimum absolute atomic E-state index is 0.193. The highest BCUT2D eigenvalue weighted by Gasteiger charge is 2.22. The fourth-order valence-electron chi connectivity index (χ4n) is 2.76. The number of carbonyl (C=O) groups is 1. The van der Waals surface area contributed by atoms with Crippen LogP contribution in [0.1, 0.15) is 20.8 Å². The average Bonchev–Trinajstić information content (AvgIpc) is 3.02. The summed E-state index contributed by atoms with van der Waals surface area (Å²) in [6, 6.07) is 14.0. The summed E-state index contributed by atoms with van der Waals surface area (Å²) in [4.78, 5) is 14.2. The molecule has 1 aliphatic heterocycles. The SMILES string of the molecule is Cc1cc(F)ccc1NC(=O)c1cc2c(s1)-c1ccccc1OC2. The third kappa shape index (κ3) is 2.57. The third-order valence-electron chi connectivity index (χ3n) is 3.98. The molecule has 3 aromatic rings. The number of anilines is 1. The molecule has 0 aliphatic carbocycles. The van der Waals surface area contributed by atoms with Crippen LogP contribution in [0.3, 0.4) is 0 Å². The fourth-order valence-corrected chi connectivity index (χ4v) is 3.86. The van der Waals surface area contributed by atoms with Crippen LogP contribution in [0.4, 0.5) is 10.1 Å². The predicted octanol–water partition coefficient (Wildman–Crippen LogP) is 5.01. The monoisotopic (exact) mass is 339 g/mol. The van der Waals surface area contributed by atoms with E-state index in [-0.39, 0.29) is 11.7 Å². The predicted molar refractivity (Wildman–Crippen MR) is 93.2 cm³/mol. The summed E-state index contributed by atoms with van der Waals surface area (Å²) in [6.45, 7) is 2.23. The van der Waals surface area contributed by atoms with Gasteiger partial charge < -0.3 is 10.1 Å². The maximum atomic E-state index is 13.2. The maximum absolute atomic E-state index is 13.2. The normalized spacial score (nSPS) is 12.1. The Balaban J connectivity index is 1.64. The van der Waals surface area contributed by atoms with Gasteiger partial charge in [-0.2, -0.15) is 0 Å². The Hall–Kier alpha value is -2.66. The molecule has 120 valence electrons. The molecule has 0 atom stereocenters. The molecule has 24 heavy (non-hydrogen) atoms. The van der Waals surface area contributed by atoms with Gasteiger partial charge in [0.2, 0.25) is 0 Å². The summed E-state index contributed by atoms with van der Waals surface area (Å²) in [5, 5.41) is 2.85. The molecule has 1 aromatic heterocycles. The number of hydrogen-bond donors (Lipinski definition) is 1. The van der Waals surface area contributed by atoms with E-state index in [1.54, 1.807) is 13.0 Å². The van der Waals surface area contributed by atoms with Crippen LogP contribution in [0.15, 0.2) is 48.5 Å². The van der Waals surface area contributed by atoms with E-state index in [1.807, 2.05) is 30.3 Å². The summed E-state index contributed by atoms with van der Waals surface area (Å²) in [5.74, 6) is 0.334. The van der Waals surface area contributed by atoms with E-state index in [9.17, 15) is 9.18 Å². The molecular weight excluding hydrogens is 325 g/mol. The Morgan fingerprint density at radius 2 is 2.04 bits per heavy atom. The lowest BCUT2D eigenvalue weighted by atomic mass is 10.1. The van der Waals surface area contributed by atoms with Crippen molar-refractivity contribution in [2.45, 2.75) is 13.5 Å². The summed E-state index contributed by atoms with van der Waals surface area (Å²) in [7, 11) is 0. The Labute approximate surface area is 142 Å². The summed E-state index contributed by atoms with van der Waals surface area (Å²) < 4.78 is 18.9. The Morgan fingerprint density at radius 1 is 1.21 bits per heavy atom. The highest BCUT2D eigenvalue weighted by Crippen LogP contribution is 2.42. The minimum Gasteiger partial charge on any atom is -0.488 e. The number of fused-ring (bicyclic) bond motifs is 3. The first-order valence-electron chi connectivity index (χ1n) is 7.54. The maximum Gasteiger partial charge on any atom is 0.265 e. The van der Waals surface area contributed by atoms with Gasteiger partial charge in [0.15, 0.2) is 0 Å². The molecule has 0 spiro atoms. The first kappa shape index (κ1) is 14.9. The van der Waals surface area contributed by atoms with Crippen LogP contribution >= 0.6 is 11.3 Å². The van der Waals surface area contributed by atoms with Gasteiger partial charge in [-0.15, -0.1) is 11.3 Å². The second-order valence-electron chi connectivity index (χ2n) is 5.66. The van der Waals surface area contributed by atoms with Gasteiger partial charge in [-0.05, 0) is 48.9 Å². The molecule has 3 nitrogen and oxygen atoms in total. The van der Waals surface area contributed by atoms with Crippen molar-refractivity contribution in [2.24, 2.45) is 0 Å². The van der Waals surface area contributed by atoms with Crippen molar-refractivity contribution in [3.8, 4) is 16.2 Å². The standard InChI is InChI=1S/C19H14FNO2S/c1-11-8-13(20)6-7-15(11)21-19(22)17-9-12-10-23-16-5-3-2-4-14(16)18(12)24-17/h2-9H,10H2,1H3,(H,21,22). The van der Waals surface area contributed by atoms with Crippen LogP contribution in [0.5, 0.6) is 5.75 Å². The largest absolute Gasteiger partial charge is 0.488 e. The number of nitrogens with one attached hydrogen (secondary N) is 1. The zero-order valence-corrected chi connectivity index (χ0v) is 13.7. The van der Waals surface area contributed by atoms with Gasteiger partial charge in [0.25, 0.3) is 5.91 Å². The van der Waals surface area contributed by atoms with Crippen molar-refractivity contribution in [3.63, 3.8) is 0 Å². The van der Waals surface area contributed by atoms with E-state index >= 15 is 0 Å². The zero-order valence-electron chi connectivity index (χ0n) is 12.9. The smallest absolute Gasteiger partial charge is 0.265 e. The van der Waals surface area contributed by atoms with Crippen LogP contribution in [0.25, 0.3) is 10.4 Å². The summed E-state index contributed by atoms with van der Waals surface area (Å²) >= 11 is 1.45. The van der Waals surface area contributed by atoms with Crippen LogP contribution in [0.2, 0.25) is 0 Å². The number of carbonyl (C=O) groups excluding carboxylic acids is 1. The molecule has 2 heterocycles. The molecule has 0 radical (unpaired) electrons. The number of para-hydroxylation sites is 1. The van der Waals surface area contributed by atoms with E-state index in [1.165, 1.54) is 23.5 Å². The van der Waals surface area contributed by atoms with Gasteiger partial charge in [-0.1, -0.05) is 12.1 Å². The molecule has 0 saturated heterocycles. The number of aryl methyl sites for hydroxylation is 1. The van der Waals surface area contributed by atoms with E-state index < -0.39 is 0 Å². The molecule has 0 unspecified atom stereocenters. The molecule has 1 amide bonds. The molecule has 5 heteroatoms. The number of amides is 1. The van der Waals surface area contributed by atoms with E-state index in [0.717, 1.165) is 21.8 Å². The number of ether oxygens (including phenoxy) is 1. The highest BCUT2D eigenvalue weighted by molar-refractivity contribution is 7.17. The van der Waals surface area contributed by atoms with Crippen LogP contribution < -0.4 is 10.1 Å². The number of benzene rings is 2.